The number of benzene rings is 2. The second kappa shape index (κ2) is 7.74. The maximum Gasteiger partial charge on any atom is 0.338 e. The Hall–Kier alpha value is -2.67. The summed E-state index contributed by atoms with van der Waals surface area (Å²) in [6.45, 7) is 0.204. The highest BCUT2D eigenvalue weighted by Crippen LogP contribution is 2.24. The van der Waals surface area contributed by atoms with E-state index in [0.29, 0.717) is 16.5 Å². The van der Waals surface area contributed by atoms with Gasteiger partial charge in [-0.05, 0) is 24.3 Å². The molecule has 0 aliphatic carbocycles. The number of ether oxygens (including phenoxy) is 1. The minimum Gasteiger partial charge on any atom is -0.461 e. The van der Waals surface area contributed by atoms with E-state index < -0.39 is 5.82 Å². The van der Waals surface area contributed by atoms with Gasteiger partial charge in [0.1, 0.15) is 12.4 Å². The van der Waals surface area contributed by atoms with E-state index >= 15 is 0 Å². The summed E-state index contributed by atoms with van der Waals surface area (Å²) in [6, 6.07) is 14.9. The van der Waals surface area contributed by atoms with Gasteiger partial charge in [0, 0.05) is 5.75 Å². The number of thioether (sulfide) groups is 1. The Morgan fingerprint density at radius 2 is 1.83 bits per heavy atom. The minimum absolute atomic E-state index is 0.122. The predicted octanol–water partition coefficient (Wildman–Crippen LogP) is 3.82. The lowest BCUT2D eigenvalue weighted by Crippen LogP contribution is -2.07. The third kappa shape index (κ3) is 3.99. The second-order valence-corrected chi connectivity index (χ2v) is 5.75. The molecular weight excluding hydrogens is 331 g/mol. The van der Waals surface area contributed by atoms with Crippen LogP contribution in [0.1, 0.15) is 10.4 Å². The van der Waals surface area contributed by atoms with E-state index in [2.05, 4.69) is 10.2 Å². The lowest BCUT2D eigenvalue weighted by molar-refractivity contribution is 0.0530. The number of rotatable bonds is 6. The van der Waals surface area contributed by atoms with Gasteiger partial charge in [0.15, 0.2) is 0 Å². The molecule has 0 aliphatic heterocycles. The standard InChI is InChI=1S/C17H13FN2O3S/c18-14-9-5-4-8-13(14)15-19-20-17(23-15)24-11-10-22-16(21)12-6-2-1-3-7-12/h1-9H,10-11H2. The molecule has 24 heavy (non-hydrogen) atoms. The zero-order chi connectivity index (χ0) is 16.8. The van der Waals surface area contributed by atoms with Crippen LogP contribution < -0.4 is 0 Å². The average molecular weight is 344 g/mol. The number of hydrogen-bond acceptors (Lipinski definition) is 6. The molecule has 0 fully saturated rings. The molecule has 0 radical (unpaired) electrons. The Kier molecular flexibility index (Phi) is 5.22. The number of esters is 1. The second-order valence-electron chi connectivity index (χ2n) is 4.70. The first kappa shape index (κ1) is 16.2. The summed E-state index contributed by atoms with van der Waals surface area (Å²) in [5.74, 6) is -0.225. The van der Waals surface area contributed by atoms with Crippen molar-refractivity contribution in [3.8, 4) is 11.5 Å². The molecule has 0 N–H and O–H groups in total. The Morgan fingerprint density at radius 1 is 1.08 bits per heavy atom. The first-order valence-corrected chi connectivity index (χ1v) is 8.16. The van der Waals surface area contributed by atoms with Gasteiger partial charge >= 0.3 is 5.97 Å². The van der Waals surface area contributed by atoms with Gasteiger partial charge < -0.3 is 9.15 Å². The molecule has 0 atom stereocenters. The van der Waals surface area contributed by atoms with Crippen molar-refractivity contribution in [2.24, 2.45) is 0 Å². The fourth-order valence-electron chi connectivity index (χ4n) is 1.93. The average Bonchev–Trinajstić information content (AvgIpc) is 3.08. The van der Waals surface area contributed by atoms with Gasteiger partial charge in [-0.1, -0.05) is 42.1 Å². The van der Waals surface area contributed by atoms with Crippen LogP contribution in [0.5, 0.6) is 0 Å². The Labute approximate surface area is 141 Å². The summed E-state index contributed by atoms with van der Waals surface area (Å²) in [4.78, 5) is 11.8. The summed E-state index contributed by atoms with van der Waals surface area (Å²) in [6.07, 6.45) is 0. The van der Waals surface area contributed by atoms with Crippen molar-refractivity contribution in [3.05, 3.63) is 66.0 Å². The molecule has 1 aromatic heterocycles. The zero-order valence-electron chi connectivity index (χ0n) is 12.5. The van der Waals surface area contributed by atoms with Gasteiger partial charge in [0.2, 0.25) is 0 Å². The van der Waals surface area contributed by atoms with Crippen molar-refractivity contribution in [2.75, 3.05) is 12.4 Å². The molecule has 3 rings (SSSR count). The fourth-order valence-corrected chi connectivity index (χ4v) is 2.51. The largest absolute Gasteiger partial charge is 0.461 e. The first-order valence-electron chi connectivity index (χ1n) is 7.17. The van der Waals surface area contributed by atoms with Crippen molar-refractivity contribution in [1.82, 2.24) is 10.2 Å². The van der Waals surface area contributed by atoms with Crippen molar-refractivity contribution < 1.29 is 18.3 Å². The van der Waals surface area contributed by atoms with E-state index in [9.17, 15) is 9.18 Å². The Bertz CT molecular complexity index is 823. The SMILES string of the molecule is O=C(OCCSc1nnc(-c2ccccc2F)o1)c1ccccc1. The molecule has 0 unspecified atom stereocenters. The number of carbonyl (C=O) groups excluding carboxylic acids is 1. The molecule has 0 aliphatic rings. The van der Waals surface area contributed by atoms with Crippen molar-refractivity contribution in [1.29, 1.82) is 0 Å². The molecule has 7 heteroatoms. The molecule has 1 heterocycles. The number of hydrogen-bond donors (Lipinski definition) is 0. The Morgan fingerprint density at radius 3 is 2.62 bits per heavy atom. The van der Waals surface area contributed by atoms with E-state index in [1.807, 2.05) is 6.07 Å². The lowest BCUT2D eigenvalue weighted by Gasteiger charge is -2.03. The highest BCUT2D eigenvalue weighted by Gasteiger charge is 2.13. The number of aromatic nitrogens is 2. The van der Waals surface area contributed by atoms with E-state index in [0.717, 1.165) is 0 Å². The van der Waals surface area contributed by atoms with E-state index in [4.69, 9.17) is 9.15 Å². The van der Waals surface area contributed by atoms with Gasteiger partial charge in [-0.15, -0.1) is 10.2 Å². The summed E-state index contributed by atoms with van der Waals surface area (Å²) >= 11 is 1.24. The molecule has 0 saturated carbocycles. The predicted molar refractivity (Wildman–Crippen MR) is 87.1 cm³/mol. The number of nitrogens with zero attached hydrogens (tertiary/aromatic N) is 2. The van der Waals surface area contributed by atoms with Crippen LogP contribution in [-0.4, -0.2) is 28.5 Å². The summed E-state index contributed by atoms with van der Waals surface area (Å²) in [7, 11) is 0. The smallest absolute Gasteiger partial charge is 0.338 e. The quantitative estimate of drug-likeness (QED) is 0.385. The summed E-state index contributed by atoms with van der Waals surface area (Å²) in [5.41, 5.74) is 0.759. The van der Waals surface area contributed by atoms with Crippen LogP contribution in [0.15, 0.2) is 64.2 Å². The molecule has 3 aromatic rings. The monoisotopic (exact) mass is 344 g/mol. The summed E-state index contributed by atoms with van der Waals surface area (Å²) in [5, 5.41) is 7.97. The van der Waals surface area contributed by atoms with Crippen LogP contribution in [0.25, 0.3) is 11.5 Å². The highest BCUT2D eigenvalue weighted by molar-refractivity contribution is 7.99. The first-order chi connectivity index (χ1) is 11.7. The van der Waals surface area contributed by atoms with Crippen molar-refractivity contribution in [2.45, 2.75) is 5.22 Å². The maximum absolute atomic E-state index is 13.6. The van der Waals surface area contributed by atoms with Crippen LogP contribution in [0.2, 0.25) is 0 Å². The molecule has 0 saturated heterocycles. The molecule has 0 amide bonds. The van der Waals surface area contributed by atoms with Crippen molar-refractivity contribution >= 4 is 17.7 Å². The Balaban J connectivity index is 1.50. The van der Waals surface area contributed by atoms with Gasteiger partial charge in [0.05, 0.1) is 11.1 Å². The number of halogens is 1. The molecule has 2 aromatic carbocycles. The summed E-state index contributed by atoms with van der Waals surface area (Å²) < 4.78 is 24.2. The molecular formula is C17H13FN2O3S. The third-order valence-electron chi connectivity index (χ3n) is 3.06. The zero-order valence-corrected chi connectivity index (χ0v) is 13.3. The minimum atomic E-state index is -0.422. The third-order valence-corrected chi connectivity index (χ3v) is 3.84. The van der Waals surface area contributed by atoms with Gasteiger partial charge in [-0.3, -0.25) is 0 Å². The van der Waals surface area contributed by atoms with Crippen molar-refractivity contribution in [3.63, 3.8) is 0 Å². The van der Waals surface area contributed by atoms with Crippen LogP contribution >= 0.6 is 11.8 Å². The number of carbonyl (C=O) groups is 1. The van der Waals surface area contributed by atoms with Crippen LogP contribution in [0.4, 0.5) is 4.39 Å². The molecule has 5 nitrogen and oxygen atoms in total. The van der Waals surface area contributed by atoms with E-state index in [-0.39, 0.29) is 24.0 Å². The van der Waals surface area contributed by atoms with Gasteiger partial charge in [-0.2, -0.15) is 0 Å². The van der Waals surface area contributed by atoms with Crippen LogP contribution in [0, 0.1) is 5.82 Å². The van der Waals surface area contributed by atoms with Crippen LogP contribution in [0.3, 0.4) is 0 Å². The fraction of sp³-hybridized carbons (Fsp3) is 0.118. The van der Waals surface area contributed by atoms with Gasteiger partial charge in [0.25, 0.3) is 11.1 Å². The topological polar surface area (TPSA) is 65.2 Å². The normalized spacial score (nSPS) is 10.5. The highest BCUT2D eigenvalue weighted by atomic mass is 32.2. The van der Waals surface area contributed by atoms with E-state index in [1.165, 1.54) is 17.8 Å². The van der Waals surface area contributed by atoms with Gasteiger partial charge in [-0.25, -0.2) is 9.18 Å². The molecule has 0 spiro atoms. The van der Waals surface area contributed by atoms with E-state index in [1.54, 1.807) is 42.5 Å². The van der Waals surface area contributed by atoms with Crippen LogP contribution in [-0.2, 0) is 4.74 Å². The maximum atomic E-state index is 13.6. The molecule has 0 bridgehead atoms. The molecule has 122 valence electrons. The lowest BCUT2D eigenvalue weighted by atomic mass is 10.2.